The van der Waals surface area contributed by atoms with E-state index >= 15 is 0 Å². The van der Waals surface area contributed by atoms with Crippen LogP contribution in [0.15, 0.2) is 6.07 Å². The minimum Gasteiger partial charge on any atom is -0.506 e. The van der Waals surface area contributed by atoms with Crippen molar-refractivity contribution in [2.24, 2.45) is 0 Å². The Hall–Kier alpha value is -1.72. The fourth-order valence-corrected chi connectivity index (χ4v) is 1.20. The highest BCUT2D eigenvalue weighted by atomic mass is 19.3. The molecule has 4 nitrogen and oxygen atoms in total. The number of carbonyl (C=O) groups excluding carboxylic acids is 1. The predicted molar refractivity (Wildman–Crippen MR) is 51.3 cm³/mol. The number of halogens is 2. The Kier molecular flexibility index (Phi) is 3.76. The van der Waals surface area contributed by atoms with Gasteiger partial charge in [-0.25, -0.2) is 13.8 Å². The van der Waals surface area contributed by atoms with Crippen molar-refractivity contribution in [3.63, 3.8) is 0 Å². The molecule has 0 aromatic carbocycles. The molecule has 0 amide bonds. The molecule has 0 aliphatic carbocycles. The maximum Gasteiger partial charge on any atom is 0.311 e. The van der Waals surface area contributed by atoms with Crippen LogP contribution >= 0.6 is 0 Å². The fourth-order valence-electron chi connectivity index (χ4n) is 1.20. The number of methoxy groups -OCH3 is 1. The first-order valence-corrected chi connectivity index (χ1v) is 4.50. The molecule has 88 valence electrons. The summed E-state index contributed by atoms with van der Waals surface area (Å²) in [4.78, 5) is 14.5. The SMILES string of the molecule is COC(=O)Cc1nc(C(F)F)cc(C)c1O. The second-order valence-electron chi connectivity index (χ2n) is 3.21. The van der Waals surface area contributed by atoms with Gasteiger partial charge in [0.15, 0.2) is 0 Å². The van der Waals surface area contributed by atoms with E-state index in [2.05, 4.69) is 9.72 Å². The molecule has 1 heterocycles. The van der Waals surface area contributed by atoms with Crippen molar-refractivity contribution in [1.29, 1.82) is 0 Å². The number of alkyl halides is 2. The van der Waals surface area contributed by atoms with Crippen LogP contribution in [0, 0.1) is 6.92 Å². The summed E-state index contributed by atoms with van der Waals surface area (Å²) in [5, 5.41) is 9.53. The Morgan fingerprint density at radius 2 is 2.25 bits per heavy atom. The number of carbonyl (C=O) groups is 1. The van der Waals surface area contributed by atoms with Gasteiger partial charge in [0.05, 0.1) is 19.2 Å². The highest BCUT2D eigenvalue weighted by molar-refractivity contribution is 5.72. The van der Waals surface area contributed by atoms with E-state index in [0.717, 1.165) is 6.07 Å². The molecule has 6 heteroatoms. The van der Waals surface area contributed by atoms with Crippen LogP contribution in [0.4, 0.5) is 8.78 Å². The minimum absolute atomic E-state index is 0.0952. The quantitative estimate of drug-likeness (QED) is 0.805. The summed E-state index contributed by atoms with van der Waals surface area (Å²) in [6, 6.07) is 1.08. The number of hydrogen-bond donors (Lipinski definition) is 1. The molecule has 0 saturated carbocycles. The van der Waals surface area contributed by atoms with Crippen LogP contribution in [-0.2, 0) is 16.0 Å². The van der Waals surface area contributed by atoms with Gasteiger partial charge >= 0.3 is 5.97 Å². The van der Waals surface area contributed by atoms with Crippen molar-refractivity contribution in [3.05, 3.63) is 23.0 Å². The van der Waals surface area contributed by atoms with Crippen LogP contribution in [0.3, 0.4) is 0 Å². The summed E-state index contributed by atoms with van der Waals surface area (Å²) in [6.07, 6.45) is -3.07. The lowest BCUT2D eigenvalue weighted by molar-refractivity contribution is -0.139. The Morgan fingerprint density at radius 1 is 1.62 bits per heavy atom. The zero-order valence-electron chi connectivity index (χ0n) is 8.83. The van der Waals surface area contributed by atoms with Gasteiger partial charge in [0.25, 0.3) is 6.43 Å². The van der Waals surface area contributed by atoms with Crippen molar-refractivity contribution >= 4 is 5.97 Å². The van der Waals surface area contributed by atoms with E-state index in [9.17, 15) is 18.7 Å². The summed E-state index contributed by atoms with van der Waals surface area (Å²) in [5.74, 6) is -0.900. The Labute approximate surface area is 90.9 Å². The normalized spacial score (nSPS) is 10.6. The van der Waals surface area contributed by atoms with Gasteiger partial charge in [-0.2, -0.15) is 0 Å². The smallest absolute Gasteiger partial charge is 0.311 e. The number of ether oxygens (including phenoxy) is 1. The zero-order chi connectivity index (χ0) is 12.3. The first kappa shape index (κ1) is 12.4. The summed E-state index contributed by atoms with van der Waals surface area (Å²) < 4.78 is 29.2. The van der Waals surface area contributed by atoms with Gasteiger partial charge < -0.3 is 9.84 Å². The van der Waals surface area contributed by atoms with Crippen LogP contribution in [0.2, 0.25) is 0 Å². The molecular weight excluding hydrogens is 220 g/mol. The lowest BCUT2D eigenvalue weighted by Gasteiger charge is -2.08. The van der Waals surface area contributed by atoms with E-state index in [0.29, 0.717) is 0 Å². The van der Waals surface area contributed by atoms with Crippen LogP contribution in [-0.4, -0.2) is 23.2 Å². The molecule has 0 spiro atoms. The number of hydrogen-bond acceptors (Lipinski definition) is 4. The van der Waals surface area contributed by atoms with E-state index in [4.69, 9.17) is 0 Å². The highest BCUT2D eigenvalue weighted by Crippen LogP contribution is 2.26. The molecule has 0 aliphatic rings. The molecule has 1 rings (SSSR count). The van der Waals surface area contributed by atoms with Crippen molar-refractivity contribution in [2.45, 2.75) is 19.8 Å². The number of esters is 1. The van der Waals surface area contributed by atoms with Crippen LogP contribution in [0.25, 0.3) is 0 Å². The van der Waals surface area contributed by atoms with Gasteiger partial charge in [-0.3, -0.25) is 4.79 Å². The van der Waals surface area contributed by atoms with Crippen molar-refractivity contribution < 1.29 is 23.4 Å². The Bertz CT molecular complexity index is 407. The molecule has 0 saturated heterocycles. The summed E-state index contributed by atoms with van der Waals surface area (Å²) in [5.41, 5.74) is -0.305. The van der Waals surface area contributed by atoms with E-state index in [1.165, 1.54) is 14.0 Å². The van der Waals surface area contributed by atoms with E-state index < -0.39 is 18.1 Å². The fraction of sp³-hybridized carbons (Fsp3) is 0.400. The van der Waals surface area contributed by atoms with E-state index in [1.807, 2.05) is 0 Å². The van der Waals surface area contributed by atoms with Gasteiger partial charge in [0, 0.05) is 0 Å². The molecule has 0 radical (unpaired) electrons. The molecule has 0 aliphatic heterocycles. The van der Waals surface area contributed by atoms with Gasteiger partial charge in [-0.1, -0.05) is 0 Å². The number of pyridine rings is 1. The summed E-state index contributed by atoms with van der Waals surface area (Å²) in [7, 11) is 1.17. The lowest BCUT2D eigenvalue weighted by Crippen LogP contribution is -2.08. The van der Waals surface area contributed by atoms with Gasteiger partial charge in [-0.15, -0.1) is 0 Å². The highest BCUT2D eigenvalue weighted by Gasteiger charge is 2.17. The molecule has 0 fully saturated rings. The average Bonchev–Trinajstić information content (AvgIpc) is 2.23. The maximum absolute atomic E-state index is 12.4. The topological polar surface area (TPSA) is 59.4 Å². The third-order valence-electron chi connectivity index (χ3n) is 2.04. The third-order valence-corrected chi connectivity index (χ3v) is 2.04. The monoisotopic (exact) mass is 231 g/mol. The van der Waals surface area contributed by atoms with Crippen LogP contribution in [0.1, 0.15) is 23.4 Å². The number of nitrogens with zero attached hydrogens (tertiary/aromatic N) is 1. The molecule has 1 N–H and O–H groups in total. The molecule has 16 heavy (non-hydrogen) atoms. The zero-order valence-corrected chi connectivity index (χ0v) is 8.83. The molecule has 1 aromatic heterocycles. The number of aromatic nitrogens is 1. The van der Waals surface area contributed by atoms with Crippen molar-refractivity contribution in [1.82, 2.24) is 4.98 Å². The average molecular weight is 231 g/mol. The number of rotatable bonds is 3. The van der Waals surface area contributed by atoms with Crippen molar-refractivity contribution in [2.75, 3.05) is 7.11 Å². The molecule has 0 unspecified atom stereocenters. The number of aromatic hydroxyl groups is 1. The minimum atomic E-state index is -2.74. The maximum atomic E-state index is 12.4. The summed E-state index contributed by atoms with van der Waals surface area (Å²) >= 11 is 0. The van der Waals surface area contributed by atoms with Crippen molar-refractivity contribution in [3.8, 4) is 5.75 Å². The molecule has 0 atom stereocenters. The second-order valence-corrected chi connectivity index (χ2v) is 3.21. The van der Waals surface area contributed by atoms with Crippen LogP contribution in [0.5, 0.6) is 5.75 Å². The van der Waals surface area contributed by atoms with Gasteiger partial charge in [0.2, 0.25) is 0 Å². The van der Waals surface area contributed by atoms with E-state index in [-0.39, 0.29) is 23.4 Å². The lowest BCUT2D eigenvalue weighted by atomic mass is 10.1. The van der Waals surface area contributed by atoms with Crippen LogP contribution < -0.4 is 0 Å². The third kappa shape index (κ3) is 2.65. The van der Waals surface area contributed by atoms with Gasteiger partial charge in [0.1, 0.15) is 11.4 Å². The second kappa shape index (κ2) is 4.87. The summed E-state index contributed by atoms with van der Waals surface area (Å²) in [6.45, 7) is 1.46. The Morgan fingerprint density at radius 3 is 2.75 bits per heavy atom. The van der Waals surface area contributed by atoms with Gasteiger partial charge in [-0.05, 0) is 18.6 Å². The first-order valence-electron chi connectivity index (χ1n) is 4.50. The predicted octanol–water partition coefficient (Wildman–Crippen LogP) is 1.75. The molecule has 0 bridgehead atoms. The molecular formula is C10H11F2NO3. The number of aryl methyl sites for hydroxylation is 1. The first-order chi connectivity index (χ1) is 7.45. The standard InChI is InChI=1S/C10H11F2NO3/c1-5-3-7(10(11)12)13-6(9(5)15)4-8(14)16-2/h3,10,15H,4H2,1-2H3. The van der Waals surface area contributed by atoms with E-state index in [1.54, 1.807) is 0 Å². The Balaban J connectivity index is 3.11. The largest absolute Gasteiger partial charge is 0.506 e. The molecule has 1 aromatic rings.